The Kier molecular flexibility index (Phi) is 4.50. The average molecular weight is 269 g/mol. The van der Waals surface area contributed by atoms with Gasteiger partial charge in [0.05, 0.1) is 6.04 Å². The molecule has 0 aliphatic carbocycles. The molecule has 2 atom stereocenters. The molecule has 1 aliphatic rings. The molecular formula is C14H21F2N3. The fourth-order valence-electron chi connectivity index (χ4n) is 2.65. The summed E-state index contributed by atoms with van der Waals surface area (Å²) in [6.07, 6.45) is 0. The molecule has 106 valence electrons. The third kappa shape index (κ3) is 3.29. The predicted octanol–water partition coefficient (Wildman–Crippen LogP) is 1.60. The molecule has 0 amide bonds. The van der Waals surface area contributed by atoms with Crippen LogP contribution in [0.25, 0.3) is 0 Å². The number of nitrogens with two attached hydrogens (primary N) is 1. The van der Waals surface area contributed by atoms with Gasteiger partial charge in [-0.25, -0.2) is 8.78 Å². The Morgan fingerprint density at radius 3 is 2.32 bits per heavy atom. The van der Waals surface area contributed by atoms with Crippen LogP contribution in [0.15, 0.2) is 18.2 Å². The van der Waals surface area contributed by atoms with Crippen LogP contribution in [0.4, 0.5) is 8.78 Å². The monoisotopic (exact) mass is 269 g/mol. The standard InChI is InChI=1S/C14H21F2N3/c1-10(17)14(19-7-5-18(2)6-8-19)12-4-3-11(15)9-13(12)16/h3-4,9-10,14H,5-8,17H2,1-2H3. The maximum absolute atomic E-state index is 14.0. The molecule has 1 saturated heterocycles. The Bertz CT molecular complexity index is 429. The molecule has 2 rings (SSSR count). The normalized spacial score (nSPS) is 21.3. The van der Waals surface area contributed by atoms with E-state index in [-0.39, 0.29) is 12.1 Å². The Morgan fingerprint density at radius 2 is 1.79 bits per heavy atom. The Balaban J connectivity index is 2.24. The molecule has 19 heavy (non-hydrogen) atoms. The van der Waals surface area contributed by atoms with E-state index in [1.165, 1.54) is 12.1 Å². The second-order valence-electron chi connectivity index (χ2n) is 5.31. The molecular weight excluding hydrogens is 248 g/mol. The molecule has 0 spiro atoms. The van der Waals surface area contributed by atoms with Gasteiger partial charge in [-0.3, -0.25) is 4.90 Å². The maximum Gasteiger partial charge on any atom is 0.130 e. The lowest BCUT2D eigenvalue weighted by atomic mass is 9.97. The van der Waals surface area contributed by atoms with Crippen molar-refractivity contribution in [2.45, 2.75) is 19.0 Å². The van der Waals surface area contributed by atoms with Gasteiger partial charge in [-0.1, -0.05) is 6.07 Å². The largest absolute Gasteiger partial charge is 0.326 e. The van der Waals surface area contributed by atoms with E-state index in [2.05, 4.69) is 16.8 Å². The van der Waals surface area contributed by atoms with Crippen LogP contribution < -0.4 is 5.73 Å². The molecule has 0 aromatic heterocycles. The predicted molar refractivity (Wildman–Crippen MR) is 71.8 cm³/mol. The van der Waals surface area contributed by atoms with Crippen LogP contribution in [0, 0.1) is 11.6 Å². The number of hydrogen-bond acceptors (Lipinski definition) is 3. The molecule has 1 aliphatic heterocycles. The first-order chi connectivity index (χ1) is 8.99. The summed E-state index contributed by atoms with van der Waals surface area (Å²) in [5.41, 5.74) is 6.51. The highest BCUT2D eigenvalue weighted by atomic mass is 19.1. The van der Waals surface area contributed by atoms with Crippen LogP contribution in [-0.4, -0.2) is 49.1 Å². The average Bonchev–Trinajstić information content (AvgIpc) is 2.34. The van der Waals surface area contributed by atoms with Crippen molar-refractivity contribution >= 4 is 0 Å². The number of benzene rings is 1. The molecule has 0 bridgehead atoms. The van der Waals surface area contributed by atoms with Gasteiger partial charge in [-0.2, -0.15) is 0 Å². The van der Waals surface area contributed by atoms with Crippen LogP contribution in [0.5, 0.6) is 0 Å². The summed E-state index contributed by atoms with van der Waals surface area (Å²) in [7, 11) is 2.07. The summed E-state index contributed by atoms with van der Waals surface area (Å²) in [4.78, 5) is 4.41. The third-order valence-corrected chi connectivity index (χ3v) is 3.71. The maximum atomic E-state index is 14.0. The highest BCUT2D eigenvalue weighted by molar-refractivity contribution is 5.23. The second-order valence-corrected chi connectivity index (χ2v) is 5.31. The molecule has 1 fully saturated rings. The number of nitrogens with zero attached hydrogens (tertiary/aromatic N) is 2. The zero-order chi connectivity index (χ0) is 14.0. The van der Waals surface area contributed by atoms with Crippen molar-refractivity contribution in [1.29, 1.82) is 0 Å². The summed E-state index contributed by atoms with van der Waals surface area (Å²) < 4.78 is 27.0. The van der Waals surface area contributed by atoms with Crippen molar-refractivity contribution in [3.8, 4) is 0 Å². The zero-order valence-corrected chi connectivity index (χ0v) is 11.4. The Morgan fingerprint density at radius 1 is 1.16 bits per heavy atom. The molecule has 0 saturated carbocycles. The Labute approximate surface area is 113 Å². The summed E-state index contributed by atoms with van der Waals surface area (Å²) in [6, 6.07) is 3.33. The molecule has 1 heterocycles. The van der Waals surface area contributed by atoms with E-state index < -0.39 is 11.6 Å². The minimum Gasteiger partial charge on any atom is -0.326 e. The number of hydrogen-bond donors (Lipinski definition) is 1. The molecule has 5 heteroatoms. The number of piperazine rings is 1. The van der Waals surface area contributed by atoms with Gasteiger partial charge in [-0.15, -0.1) is 0 Å². The first-order valence-electron chi connectivity index (χ1n) is 6.62. The fourth-order valence-corrected chi connectivity index (χ4v) is 2.65. The first kappa shape index (κ1) is 14.4. The van der Waals surface area contributed by atoms with Crippen molar-refractivity contribution < 1.29 is 8.78 Å². The van der Waals surface area contributed by atoms with Gasteiger partial charge in [0.15, 0.2) is 0 Å². The number of halogens is 2. The zero-order valence-electron chi connectivity index (χ0n) is 11.4. The SMILES string of the molecule is CC(N)C(c1ccc(F)cc1F)N1CCN(C)CC1. The van der Waals surface area contributed by atoms with Crippen molar-refractivity contribution in [3.63, 3.8) is 0 Å². The van der Waals surface area contributed by atoms with E-state index in [1.54, 1.807) is 0 Å². The minimum absolute atomic E-state index is 0.200. The van der Waals surface area contributed by atoms with Crippen LogP contribution in [-0.2, 0) is 0 Å². The molecule has 1 aromatic carbocycles. The van der Waals surface area contributed by atoms with Gasteiger partial charge in [-0.05, 0) is 20.0 Å². The van der Waals surface area contributed by atoms with Gasteiger partial charge in [0, 0.05) is 43.9 Å². The fraction of sp³-hybridized carbons (Fsp3) is 0.571. The lowest BCUT2D eigenvalue weighted by Gasteiger charge is -2.40. The van der Waals surface area contributed by atoms with E-state index >= 15 is 0 Å². The molecule has 3 nitrogen and oxygen atoms in total. The van der Waals surface area contributed by atoms with Gasteiger partial charge >= 0.3 is 0 Å². The lowest BCUT2D eigenvalue weighted by molar-refractivity contribution is 0.0987. The summed E-state index contributed by atoms with van der Waals surface area (Å²) in [5.74, 6) is -1.07. The van der Waals surface area contributed by atoms with Gasteiger partial charge in [0.25, 0.3) is 0 Å². The van der Waals surface area contributed by atoms with E-state index in [4.69, 9.17) is 5.73 Å². The Hall–Kier alpha value is -1.04. The van der Waals surface area contributed by atoms with Crippen LogP contribution >= 0.6 is 0 Å². The summed E-state index contributed by atoms with van der Waals surface area (Å²) >= 11 is 0. The first-order valence-corrected chi connectivity index (χ1v) is 6.62. The van der Waals surface area contributed by atoms with Gasteiger partial charge in [0.2, 0.25) is 0 Å². The van der Waals surface area contributed by atoms with Crippen molar-refractivity contribution in [1.82, 2.24) is 9.80 Å². The van der Waals surface area contributed by atoms with E-state index in [1.807, 2.05) is 6.92 Å². The topological polar surface area (TPSA) is 32.5 Å². The van der Waals surface area contributed by atoms with Crippen molar-refractivity contribution in [2.75, 3.05) is 33.2 Å². The molecule has 2 unspecified atom stereocenters. The highest BCUT2D eigenvalue weighted by Crippen LogP contribution is 2.27. The van der Waals surface area contributed by atoms with Crippen LogP contribution in [0.2, 0.25) is 0 Å². The molecule has 2 N–H and O–H groups in total. The highest BCUT2D eigenvalue weighted by Gasteiger charge is 2.28. The van der Waals surface area contributed by atoms with Crippen molar-refractivity contribution in [2.24, 2.45) is 5.73 Å². The van der Waals surface area contributed by atoms with Gasteiger partial charge in [0.1, 0.15) is 11.6 Å². The minimum atomic E-state index is -0.553. The summed E-state index contributed by atoms with van der Waals surface area (Å²) in [5, 5.41) is 0. The van der Waals surface area contributed by atoms with Crippen molar-refractivity contribution in [3.05, 3.63) is 35.4 Å². The van der Waals surface area contributed by atoms with Gasteiger partial charge < -0.3 is 10.6 Å². The van der Waals surface area contributed by atoms with E-state index in [0.717, 1.165) is 32.2 Å². The smallest absolute Gasteiger partial charge is 0.130 e. The van der Waals surface area contributed by atoms with Crippen LogP contribution in [0.3, 0.4) is 0 Å². The number of likely N-dealkylation sites (N-methyl/N-ethyl adjacent to an activating group) is 1. The molecule has 1 aromatic rings. The van der Waals surface area contributed by atoms with Crippen LogP contribution in [0.1, 0.15) is 18.5 Å². The summed E-state index contributed by atoms with van der Waals surface area (Å²) in [6.45, 7) is 5.43. The molecule has 0 radical (unpaired) electrons. The van der Waals surface area contributed by atoms with E-state index in [9.17, 15) is 8.78 Å². The van der Waals surface area contributed by atoms with E-state index in [0.29, 0.717) is 5.56 Å². The third-order valence-electron chi connectivity index (χ3n) is 3.71. The lowest BCUT2D eigenvalue weighted by Crippen LogP contribution is -2.50. The quantitative estimate of drug-likeness (QED) is 0.904. The number of rotatable bonds is 3. The second kappa shape index (κ2) is 5.94.